The van der Waals surface area contributed by atoms with Gasteiger partial charge in [0, 0.05) is 0 Å². The smallest absolute Gasteiger partial charge is 0.187 e. The number of benzene rings is 8. The van der Waals surface area contributed by atoms with Crippen LogP contribution in [0.3, 0.4) is 0 Å². The number of rotatable bonds is 31. The Labute approximate surface area is 516 Å². The van der Waals surface area contributed by atoms with Crippen molar-refractivity contribution in [2.75, 3.05) is 19.8 Å². The van der Waals surface area contributed by atoms with E-state index in [1.807, 2.05) is 249 Å². The number of hydrogen-bond acceptors (Lipinski definition) is 14. The van der Waals surface area contributed by atoms with Crippen LogP contribution in [-0.2, 0) is 114 Å². The molecule has 14 heteroatoms. The molecule has 3 aliphatic rings. The van der Waals surface area contributed by atoms with E-state index in [9.17, 15) is 5.11 Å². The molecule has 3 aliphatic heterocycles. The summed E-state index contributed by atoms with van der Waals surface area (Å²) in [6, 6.07) is 79.6. The lowest BCUT2D eigenvalue weighted by Crippen LogP contribution is -2.64. The van der Waals surface area contributed by atoms with Crippen molar-refractivity contribution >= 4 is 0 Å². The Balaban J connectivity index is 0.910. The summed E-state index contributed by atoms with van der Waals surface area (Å²) in [4.78, 5) is 0. The zero-order chi connectivity index (χ0) is 59.8. The monoisotopic (exact) mass is 1190 g/mol. The third kappa shape index (κ3) is 18.2. The van der Waals surface area contributed by atoms with Gasteiger partial charge >= 0.3 is 0 Å². The van der Waals surface area contributed by atoms with Gasteiger partial charge in [-0.15, -0.1) is 0 Å². The largest absolute Gasteiger partial charge is 0.493 e. The van der Waals surface area contributed by atoms with Gasteiger partial charge in [-0.2, -0.15) is 0 Å². The summed E-state index contributed by atoms with van der Waals surface area (Å²) in [5.74, 6) is 0. The van der Waals surface area contributed by atoms with E-state index in [1.54, 1.807) is 6.26 Å². The molecule has 0 bridgehead atoms. The van der Waals surface area contributed by atoms with Gasteiger partial charge in [0.1, 0.15) is 61.0 Å². The fraction of sp³-hybridized carbons (Fsp3) is 0.324. The average Bonchev–Trinajstić information content (AvgIpc) is 2.09. The van der Waals surface area contributed by atoms with Gasteiger partial charge in [-0.25, -0.2) is 0 Å². The number of ether oxygens (including phenoxy) is 13. The van der Waals surface area contributed by atoms with Gasteiger partial charge in [0.2, 0.25) is 0 Å². The number of aliphatic hydroxyl groups excluding tert-OH is 1. The summed E-state index contributed by atoms with van der Waals surface area (Å²) in [6.07, 6.45) is -8.07. The lowest BCUT2D eigenvalue weighted by Gasteiger charge is -2.47. The van der Waals surface area contributed by atoms with E-state index in [2.05, 4.69) is 0 Å². The van der Waals surface area contributed by atoms with Crippen LogP contribution in [0.5, 0.6) is 0 Å². The molecular weight excluding hydrogens is 1110 g/mol. The first kappa shape index (κ1) is 62.4. The second-order valence-electron chi connectivity index (χ2n) is 22.1. The van der Waals surface area contributed by atoms with Crippen LogP contribution in [-0.4, -0.2) is 105 Å². The highest BCUT2D eigenvalue weighted by molar-refractivity contribution is 5.20. The predicted molar refractivity (Wildman–Crippen MR) is 330 cm³/mol. The normalized spacial score (nSPS) is 25.2. The van der Waals surface area contributed by atoms with E-state index in [4.69, 9.17) is 61.6 Å². The first-order valence-corrected chi connectivity index (χ1v) is 30.3. The zero-order valence-corrected chi connectivity index (χ0v) is 49.3. The van der Waals surface area contributed by atoms with Gasteiger partial charge in [-0.1, -0.05) is 243 Å². The van der Waals surface area contributed by atoms with Crippen LogP contribution in [0.1, 0.15) is 44.5 Å². The van der Waals surface area contributed by atoms with Gasteiger partial charge in [-0.3, -0.25) is 0 Å². The maximum atomic E-state index is 12.7. The minimum atomic E-state index is -1.37. The highest BCUT2D eigenvalue weighted by atomic mass is 16.8. The van der Waals surface area contributed by atoms with Gasteiger partial charge in [0.15, 0.2) is 18.7 Å². The third-order valence-corrected chi connectivity index (χ3v) is 15.7. The van der Waals surface area contributed by atoms with Crippen LogP contribution < -0.4 is 0 Å². The molecule has 88 heavy (non-hydrogen) atoms. The van der Waals surface area contributed by atoms with Crippen molar-refractivity contribution in [2.45, 2.75) is 133 Å². The quantitative estimate of drug-likeness (QED) is 0.0441. The molecule has 2 fully saturated rings. The van der Waals surface area contributed by atoms with E-state index in [1.165, 1.54) is 0 Å². The summed E-state index contributed by atoms with van der Waals surface area (Å²) in [6.45, 7) is 1.90. The Morgan fingerprint density at radius 3 is 1.01 bits per heavy atom. The van der Waals surface area contributed by atoms with Gasteiger partial charge in [0.25, 0.3) is 0 Å². The molecule has 8 aromatic carbocycles. The number of hydrogen-bond donors (Lipinski definition) is 1. The van der Waals surface area contributed by atoms with Gasteiger partial charge in [-0.05, 0) is 50.6 Å². The van der Waals surface area contributed by atoms with Crippen molar-refractivity contribution < 1.29 is 66.7 Å². The van der Waals surface area contributed by atoms with Gasteiger partial charge < -0.3 is 66.7 Å². The van der Waals surface area contributed by atoms with E-state index >= 15 is 0 Å². The molecule has 14 nitrogen and oxygen atoms in total. The minimum Gasteiger partial charge on any atom is -0.493 e. The van der Waals surface area contributed by atoms with Crippen molar-refractivity contribution in [3.05, 3.63) is 300 Å². The lowest BCUT2D eigenvalue weighted by molar-refractivity contribution is -0.351. The van der Waals surface area contributed by atoms with E-state index in [0.717, 1.165) is 44.5 Å². The summed E-state index contributed by atoms with van der Waals surface area (Å²) >= 11 is 0. The van der Waals surface area contributed by atoms with Crippen LogP contribution in [0.4, 0.5) is 0 Å². The standard InChI is InChI=1S/C74H78O14/c75-66-70(82-48-59-35-19-6-20-36-59)68(80-46-57-31-15-4-16-32-57)65(87-73(66)85-52-63-67(79-45-56-29-13-3-14-30-56)62(41-42-77-63)78-44-55-27-11-2-12-28-55)53-86-74-72(84-50-61-39-23-8-24-40-61)71(83-49-60-37-21-7-22-38-60)69(81-47-58-33-17-5-18-34-58)64(88-74)51-76-43-54-25-9-1-10-26-54/h1-42,62-75H,43-53H2. The molecule has 0 spiro atoms. The van der Waals surface area contributed by atoms with Crippen LogP contribution in [0.25, 0.3) is 0 Å². The molecule has 0 radical (unpaired) electrons. The molecule has 13 atom stereocenters. The minimum absolute atomic E-state index is 0.0676. The van der Waals surface area contributed by atoms with E-state index < -0.39 is 79.7 Å². The Bertz CT molecular complexity index is 3210. The molecule has 0 amide bonds. The highest BCUT2D eigenvalue weighted by Gasteiger charge is 2.52. The maximum Gasteiger partial charge on any atom is 0.187 e. The summed E-state index contributed by atoms with van der Waals surface area (Å²) in [7, 11) is 0. The molecule has 2 saturated heterocycles. The molecule has 0 aliphatic carbocycles. The zero-order valence-electron chi connectivity index (χ0n) is 49.3. The molecule has 8 aromatic rings. The van der Waals surface area contributed by atoms with Crippen LogP contribution in [0.2, 0.25) is 0 Å². The first-order chi connectivity index (χ1) is 43.6. The first-order valence-electron chi connectivity index (χ1n) is 30.3. The fourth-order valence-electron chi connectivity index (χ4n) is 11.0. The van der Waals surface area contributed by atoms with Crippen LogP contribution in [0.15, 0.2) is 255 Å². The van der Waals surface area contributed by atoms with Gasteiger partial charge in [0.05, 0.1) is 78.9 Å². The second-order valence-corrected chi connectivity index (χ2v) is 22.1. The van der Waals surface area contributed by atoms with Crippen molar-refractivity contribution in [1.82, 2.24) is 0 Å². The topological polar surface area (TPSA) is 140 Å². The van der Waals surface area contributed by atoms with E-state index in [0.29, 0.717) is 19.8 Å². The Hall–Kier alpha value is -7.22. The maximum absolute atomic E-state index is 12.7. The third-order valence-electron chi connectivity index (χ3n) is 15.7. The summed E-state index contributed by atoms with van der Waals surface area (Å²) in [5.41, 5.74) is 7.69. The van der Waals surface area contributed by atoms with Crippen LogP contribution >= 0.6 is 0 Å². The lowest BCUT2D eigenvalue weighted by atomic mass is 9.97. The fourth-order valence-corrected chi connectivity index (χ4v) is 11.0. The summed E-state index contributed by atoms with van der Waals surface area (Å²) < 4.78 is 88.9. The van der Waals surface area contributed by atoms with Crippen molar-refractivity contribution in [1.29, 1.82) is 0 Å². The molecule has 11 rings (SSSR count). The molecule has 458 valence electrons. The second kappa shape index (κ2) is 33.4. The SMILES string of the molecule is OC1C(OCC2OC=CC(OCc3ccccc3)C2OCc2ccccc2)OC(COC2OC(COCc3ccccc3)C(OCc3ccccc3)C(OCc3ccccc3)C2OCc2ccccc2)C(OCc2ccccc2)C1OCc1ccccc1. The van der Waals surface area contributed by atoms with Crippen molar-refractivity contribution in [3.63, 3.8) is 0 Å². The Kier molecular flexibility index (Phi) is 23.7. The Morgan fingerprint density at radius 1 is 0.273 bits per heavy atom. The predicted octanol–water partition coefficient (Wildman–Crippen LogP) is 12.1. The molecular formula is C74H78O14. The molecule has 3 heterocycles. The van der Waals surface area contributed by atoms with E-state index in [-0.39, 0.29) is 52.9 Å². The van der Waals surface area contributed by atoms with Crippen molar-refractivity contribution in [3.8, 4) is 0 Å². The summed E-state index contributed by atoms with van der Waals surface area (Å²) in [5, 5.41) is 12.7. The molecule has 0 aromatic heterocycles. The molecule has 0 saturated carbocycles. The average molecular weight is 1190 g/mol. The van der Waals surface area contributed by atoms with Crippen molar-refractivity contribution in [2.24, 2.45) is 0 Å². The number of aliphatic hydroxyl groups is 1. The molecule has 13 unspecified atom stereocenters. The highest BCUT2D eigenvalue weighted by Crippen LogP contribution is 2.35. The van der Waals surface area contributed by atoms with Crippen LogP contribution in [0, 0.1) is 0 Å². The molecule has 1 N–H and O–H groups in total. The Morgan fingerprint density at radius 2 is 0.580 bits per heavy atom.